The Morgan fingerprint density at radius 3 is 2.23 bits per heavy atom. The van der Waals surface area contributed by atoms with Gasteiger partial charge in [-0.3, -0.25) is 14.4 Å². The summed E-state index contributed by atoms with van der Waals surface area (Å²) in [5.41, 5.74) is 1.82. The predicted molar refractivity (Wildman–Crippen MR) is 153 cm³/mol. The van der Waals surface area contributed by atoms with Crippen LogP contribution < -0.4 is 5.32 Å². The van der Waals surface area contributed by atoms with Gasteiger partial charge in [0.1, 0.15) is 10.9 Å². The standard InChI is InChI=1S/C30H32ClN3O5S/c1-21(2)32-29(36)26(19-22-9-4-3-5-10-22)33(20-23-14-16-24(31)17-15-23)28(35)13-8-18-34-30(37)25-11-6-7-12-27(25)40(34,38)39/h3-7,9-12,14-17,21,26H,8,13,18-20H2,1-2H3,(H,32,36)/t26-/m0/s1. The second kappa shape index (κ2) is 12.7. The van der Waals surface area contributed by atoms with Crippen molar-refractivity contribution in [1.82, 2.24) is 14.5 Å². The van der Waals surface area contributed by atoms with Crippen LogP contribution in [0, 0.1) is 0 Å². The highest BCUT2D eigenvalue weighted by atomic mass is 35.5. The van der Waals surface area contributed by atoms with Crippen LogP contribution in [0.4, 0.5) is 0 Å². The van der Waals surface area contributed by atoms with Crippen molar-refractivity contribution in [1.29, 1.82) is 0 Å². The molecular formula is C30H32ClN3O5S. The first-order valence-electron chi connectivity index (χ1n) is 13.1. The first-order valence-corrected chi connectivity index (χ1v) is 14.9. The number of nitrogens with one attached hydrogen (secondary N) is 1. The minimum Gasteiger partial charge on any atom is -0.352 e. The maximum absolute atomic E-state index is 13.7. The van der Waals surface area contributed by atoms with E-state index in [4.69, 9.17) is 11.6 Å². The number of amides is 3. The number of carbonyl (C=O) groups excluding carboxylic acids is 3. The highest BCUT2D eigenvalue weighted by Gasteiger charge is 2.40. The molecular weight excluding hydrogens is 550 g/mol. The molecule has 3 aromatic carbocycles. The van der Waals surface area contributed by atoms with Gasteiger partial charge in [0.15, 0.2) is 0 Å². The number of hydrogen-bond acceptors (Lipinski definition) is 5. The Balaban J connectivity index is 1.56. The summed E-state index contributed by atoms with van der Waals surface area (Å²) in [5.74, 6) is -1.20. The summed E-state index contributed by atoms with van der Waals surface area (Å²) in [6.07, 6.45) is 0.356. The Bertz CT molecular complexity index is 1480. The Morgan fingerprint density at radius 1 is 0.925 bits per heavy atom. The molecule has 0 unspecified atom stereocenters. The summed E-state index contributed by atoms with van der Waals surface area (Å²) in [6, 6.07) is 21.6. The maximum Gasteiger partial charge on any atom is 0.269 e. The quantitative estimate of drug-likeness (QED) is 0.361. The highest BCUT2D eigenvalue weighted by molar-refractivity contribution is 7.90. The number of fused-ring (bicyclic) bond motifs is 1. The van der Waals surface area contributed by atoms with Crippen LogP contribution in [0.1, 0.15) is 48.2 Å². The second-order valence-corrected chi connectivity index (χ2v) is 12.3. The number of nitrogens with zero attached hydrogens (tertiary/aromatic N) is 2. The number of carbonyl (C=O) groups is 3. The van der Waals surface area contributed by atoms with Crippen molar-refractivity contribution < 1.29 is 22.8 Å². The molecule has 0 aliphatic carbocycles. The topological polar surface area (TPSA) is 104 Å². The first-order chi connectivity index (χ1) is 19.1. The monoisotopic (exact) mass is 581 g/mol. The van der Waals surface area contributed by atoms with Crippen molar-refractivity contribution >= 4 is 39.3 Å². The summed E-state index contributed by atoms with van der Waals surface area (Å²) in [6.45, 7) is 3.73. The molecule has 1 aliphatic rings. The van der Waals surface area contributed by atoms with Crippen molar-refractivity contribution in [2.45, 2.75) is 56.6 Å². The van der Waals surface area contributed by atoms with Gasteiger partial charge in [0.25, 0.3) is 15.9 Å². The molecule has 210 valence electrons. The molecule has 0 fully saturated rings. The van der Waals surface area contributed by atoms with E-state index in [1.165, 1.54) is 17.0 Å². The molecule has 1 aliphatic heterocycles. The molecule has 10 heteroatoms. The lowest BCUT2D eigenvalue weighted by molar-refractivity contribution is -0.141. The van der Waals surface area contributed by atoms with Gasteiger partial charge in [-0.15, -0.1) is 0 Å². The lowest BCUT2D eigenvalue weighted by Crippen LogP contribution is -2.51. The Morgan fingerprint density at radius 2 is 1.57 bits per heavy atom. The Hall–Kier alpha value is -3.69. The van der Waals surface area contributed by atoms with E-state index in [9.17, 15) is 22.8 Å². The zero-order valence-corrected chi connectivity index (χ0v) is 24.0. The molecule has 0 radical (unpaired) electrons. The van der Waals surface area contributed by atoms with Crippen molar-refractivity contribution in [2.75, 3.05) is 6.54 Å². The van der Waals surface area contributed by atoms with E-state index < -0.39 is 22.0 Å². The van der Waals surface area contributed by atoms with Gasteiger partial charge in [-0.2, -0.15) is 0 Å². The third-order valence-electron chi connectivity index (χ3n) is 6.63. The fourth-order valence-electron chi connectivity index (χ4n) is 4.69. The van der Waals surface area contributed by atoms with Crippen LogP contribution in [0.2, 0.25) is 5.02 Å². The first kappa shape index (κ1) is 29.3. The Labute approximate surface area is 240 Å². The molecule has 0 saturated heterocycles. The molecule has 1 N–H and O–H groups in total. The second-order valence-electron chi connectivity index (χ2n) is 10.00. The van der Waals surface area contributed by atoms with E-state index in [1.54, 1.807) is 36.4 Å². The average Bonchev–Trinajstić information content (AvgIpc) is 3.12. The number of hydrogen-bond donors (Lipinski definition) is 1. The molecule has 1 atom stereocenters. The molecule has 0 spiro atoms. The SMILES string of the molecule is CC(C)NC(=O)[C@H](Cc1ccccc1)N(Cc1ccc(Cl)cc1)C(=O)CCCN1C(=O)c2ccccc2S1(=O)=O. The maximum atomic E-state index is 13.7. The van der Waals surface area contributed by atoms with E-state index in [0.29, 0.717) is 11.4 Å². The van der Waals surface area contributed by atoms with Crippen molar-refractivity contribution in [3.05, 3.63) is 101 Å². The lowest BCUT2D eigenvalue weighted by Gasteiger charge is -2.32. The molecule has 0 bridgehead atoms. The van der Waals surface area contributed by atoms with E-state index in [2.05, 4.69) is 5.32 Å². The van der Waals surface area contributed by atoms with Crippen molar-refractivity contribution in [3.63, 3.8) is 0 Å². The van der Waals surface area contributed by atoms with Gasteiger partial charge in [-0.05, 0) is 55.7 Å². The molecule has 1 heterocycles. The molecule has 8 nitrogen and oxygen atoms in total. The van der Waals surface area contributed by atoms with Crippen LogP contribution in [0.5, 0.6) is 0 Å². The minimum absolute atomic E-state index is 0.0241. The zero-order chi connectivity index (χ0) is 28.9. The molecule has 0 aromatic heterocycles. The summed E-state index contributed by atoms with van der Waals surface area (Å²) in [7, 11) is -3.97. The lowest BCUT2D eigenvalue weighted by atomic mass is 10.0. The number of benzene rings is 3. The number of rotatable bonds is 11. The smallest absolute Gasteiger partial charge is 0.269 e. The number of sulfonamides is 1. The molecule has 4 rings (SSSR count). The third-order valence-corrected chi connectivity index (χ3v) is 8.72. The van der Waals surface area contributed by atoms with Crippen molar-refractivity contribution in [2.24, 2.45) is 0 Å². The molecule has 3 amide bonds. The summed E-state index contributed by atoms with van der Waals surface area (Å²) in [5, 5.41) is 3.49. The fraction of sp³-hybridized carbons (Fsp3) is 0.300. The van der Waals surface area contributed by atoms with Crippen LogP contribution in [0.25, 0.3) is 0 Å². The Kier molecular flexibility index (Phi) is 9.27. The van der Waals surface area contributed by atoms with Gasteiger partial charge in [-0.25, -0.2) is 12.7 Å². The van der Waals surface area contributed by atoms with E-state index >= 15 is 0 Å². The van der Waals surface area contributed by atoms with Crippen LogP contribution in [0.15, 0.2) is 83.8 Å². The highest BCUT2D eigenvalue weighted by Crippen LogP contribution is 2.30. The van der Waals surface area contributed by atoms with Crippen LogP contribution in [-0.4, -0.2) is 54.0 Å². The molecule has 0 saturated carbocycles. The molecule has 40 heavy (non-hydrogen) atoms. The summed E-state index contributed by atoms with van der Waals surface area (Å²) >= 11 is 6.06. The van der Waals surface area contributed by atoms with Gasteiger partial charge in [0, 0.05) is 37.0 Å². The van der Waals surface area contributed by atoms with E-state index in [1.807, 2.05) is 44.2 Å². The van der Waals surface area contributed by atoms with Crippen LogP contribution in [-0.2, 0) is 32.6 Å². The fourth-order valence-corrected chi connectivity index (χ4v) is 6.42. The van der Waals surface area contributed by atoms with Crippen LogP contribution >= 0.6 is 11.6 Å². The van der Waals surface area contributed by atoms with Gasteiger partial charge >= 0.3 is 0 Å². The van der Waals surface area contributed by atoms with Gasteiger partial charge < -0.3 is 10.2 Å². The predicted octanol–water partition coefficient (Wildman–Crippen LogP) is 4.43. The van der Waals surface area contributed by atoms with E-state index in [-0.39, 0.29) is 54.2 Å². The van der Waals surface area contributed by atoms with Gasteiger partial charge in [-0.1, -0.05) is 66.2 Å². The summed E-state index contributed by atoms with van der Waals surface area (Å²) < 4.78 is 26.7. The number of halogens is 1. The normalized spacial score (nSPS) is 14.6. The third kappa shape index (κ3) is 6.71. The van der Waals surface area contributed by atoms with Gasteiger partial charge in [0.2, 0.25) is 11.8 Å². The largest absolute Gasteiger partial charge is 0.352 e. The summed E-state index contributed by atoms with van der Waals surface area (Å²) in [4.78, 5) is 41.5. The van der Waals surface area contributed by atoms with Crippen LogP contribution in [0.3, 0.4) is 0 Å². The van der Waals surface area contributed by atoms with Crippen molar-refractivity contribution in [3.8, 4) is 0 Å². The molecule has 3 aromatic rings. The minimum atomic E-state index is -3.97. The average molecular weight is 582 g/mol. The zero-order valence-electron chi connectivity index (χ0n) is 22.4. The van der Waals surface area contributed by atoms with Gasteiger partial charge in [0.05, 0.1) is 5.56 Å². The van der Waals surface area contributed by atoms with E-state index in [0.717, 1.165) is 15.4 Å².